The van der Waals surface area contributed by atoms with Crippen LogP contribution in [0.4, 0.5) is 0 Å². The van der Waals surface area contributed by atoms with Crippen LogP contribution in [0.15, 0.2) is 48.5 Å². The first-order chi connectivity index (χ1) is 34.1. The van der Waals surface area contributed by atoms with E-state index in [4.69, 9.17) is 0 Å². The van der Waals surface area contributed by atoms with Crippen molar-refractivity contribution in [3.05, 3.63) is 132 Å². The summed E-state index contributed by atoms with van der Waals surface area (Å²) in [7, 11) is 0. The molecule has 1 N–H and O–H groups in total. The van der Waals surface area contributed by atoms with Crippen molar-refractivity contribution in [3.8, 4) is 5.75 Å². The number of rotatable bonds is 36. The minimum absolute atomic E-state index is 0.181. The number of unbranched alkanes of at least 4 members (excludes halogenated alkanes) is 9. The average molecular weight is 954 g/mol. The van der Waals surface area contributed by atoms with Gasteiger partial charge in [0.2, 0.25) is 0 Å². The fraction of sp³-hybridized carbons (Fsp3) is 0.652. The van der Waals surface area contributed by atoms with Crippen molar-refractivity contribution in [1.82, 2.24) is 0 Å². The zero-order chi connectivity index (χ0) is 50.8. The van der Waals surface area contributed by atoms with Gasteiger partial charge in [0, 0.05) is 5.56 Å². The van der Waals surface area contributed by atoms with Crippen LogP contribution < -0.4 is 0 Å². The van der Waals surface area contributed by atoms with E-state index >= 15 is 0 Å². The number of benzene rings is 4. The van der Waals surface area contributed by atoms with E-state index in [2.05, 4.69) is 132 Å². The van der Waals surface area contributed by atoms with Gasteiger partial charge in [-0.1, -0.05) is 183 Å². The van der Waals surface area contributed by atoms with Gasteiger partial charge >= 0.3 is 0 Å². The van der Waals surface area contributed by atoms with Gasteiger partial charge in [-0.3, -0.25) is 0 Å². The molecule has 390 valence electrons. The fourth-order valence-corrected chi connectivity index (χ4v) is 12.2. The molecule has 3 unspecified atom stereocenters. The molecule has 4 aromatic rings. The Kier molecular flexibility index (Phi) is 27.7. The lowest BCUT2D eigenvalue weighted by Gasteiger charge is -2.30. The van der Waals surface area contributed by atoms with Gasteiger partial charge in [-0.25, -0.2) is 0 Å². The molecule has 0 aliphatic heterocycles. The summed E-state index contributed by atoms with van der Waals surface area (Å²) in [6, 6.07) is 19.6. The molecule has 0 aliphatic carbocycles. The van der Waals surface area contributed by atoms with E-state index in [0.29, 0.717) is 11.7 Å². The number of aryl methyl sites for hydroxylation is 3. The first-order valence-electron chi connectivity index (χ1n) is 30.3. The van der Waals surface area contributed by atoms with Crippen LogP contribution in [0.1, 0.15) is 300 Å². The van der Waals surface area contributed by atoms with Crippen LogP contribution in [0.5, 0.6) is 5.75 Å². The van der Waals surface area contributed by atoms with Gasteiger partial charge in [-0.15, -0.1) is 0 Å². The predicted molar refractivity (Wildman–Crippen MR) is 311 cm³/mol. The third-order valence-corrected chi connectivity index (χ3v) is 16.3. The van der Waals surface area contributed by atoms with Gasteiger partial charge in [0.25, 0.3) is 0 Å². The number of aromatic hydroxyl groups is 1. The molecule has 4 rings (SSSR count). The lowest BCUT2D eigenvalue weighted by molar-refractivity contribution is 0.458. The molecular weight excluding hydrogens is 845 g/mol. The van der Waals surface area contributed by atoms with E-state index in [1.165, 1.54) is 189 Å². The Hall–Kier alpha value is -3.32. The summed E-state index contributed by atoms with van der Waals surface area (Å²) < 4.78 is 0. The Morgan fingerprint density at radius 2 is 0.529 bits per heavy atom. The van der Waals surface area contributed by atoms with Crippen molar-refractivity contribution < 1.29 is 5.11 Å². The molecule has 0 aliphatic rings. The number of phenolic OH excluding ortho intramolecular Hbond substituents is 1. The maximum atomic E-state index is 12.5. The highest BCUT2D eigenvalue weighted by molar-refractivity contribution is 5.53. The van der Waals surface area contributed by atoms with E-state index in [1.807, 2.05) is 0 Å². The third kappa shape index (κ3) is 16.9. The highest BCUT2D eigenvalue weighted by Crippen LogP contribution is 2.44. The topological polar surface area (TPSA) is 20.2 Å². The quantitative estimate of drug-likeness (QED) is 0.0482. The summed E-state index contributed by atoms with van der Waals surface area (Å²) in [5.74, 6) is 1.26. The van der Waals surface area contributed by atoms with Gasteiger partial charge < -0.3 is 5.11 Å². The summed E-state index contributed by atoms with van der Waals surface area (Å²) in [6.45, 7) is 28.7. The summed E-state index contributed by atoms with van der Waals surface area (Å²) in [6.07, 6.45) is 36.1. The second-order valence-corrected chi connectivity index (χ2v) is 22.3. The zero-order valence-corrected chi connectivity index (χ0v) is 48.0. The summed E-state index contributed by atoms with van der Waals surface area (Å²) in [5, 5.41) is 12.5. The molecule has 70 heavy (non-hydrogen) atoms. The van der Waals surface area contributed by atoms with Gasteiger partial charge in [0.05, 0.1) is 0 Å². The minimum Gasteiger partial charge on any atom is -0.508 e. The van der Waals surface area contributed by atoms with Crippen molar-refractivity contribution in [2.75, 3.05) is 0 Å². The van der Waals surface area contributed by atoms with Crippen molar-refractivity contribution in [2.24, 2.45) is 0 Å². The third-order valence-electron chi connectivity index (χ3n) is 16.3. The van der Waals surface area contributed by atoms with Crippen LogP contribution in [0, 0.1) is 0 Å². The largest absolute Gasteiger partial charge is 0.508 e. The Morgan fingerprint density at radius 3 is 0.829 bits per heavy atom. The molecule has 0 bridgehead atoms. The zero-order valence-electron chi connectivity index (χ0n) is 48.0. The molecule has 0 fully saturated rings. The molecule has 3 atom stereocenters. The first-order valence-corrected chi connectivity index (χ1v) is 30.3. The molecule has 1 heteroatoms. The maximum absolute atomic E-state index is 12.5. The second-order valence-electron chi connectivity index (χ2n) is 22.3. The Balaban J connectivity index is 1.98. The van der Waals surface area contributed by atoms with E-state index in [9.17, 15) is 5.11 Å². The first kappa shape index (κ1) is 59.2. The predicted octanol–water partition coefficient (Wildman–Crippen LogP) is 20.5. The lowest BCUT2D eigenvalue weighted by Crippen LogP contribution is -2.16. The molecule has 0 radical (unpaired) electrons. The van der Waals surface area contributed by atoms with Gasteiger partial charge in [0.1, 0.15) is 5.75 Å². The van der Waals surface area contributed by atoms with Crippen molar-refractivity contribution in [2.45, 2.75) is 293 Å². The molecular formula is C69H108O. The summed E-state index contributed by atoms with van der Waals surface area (Å²) >= 11 is 0. The smallest absolute Gasteiger partial charge is 0.119 e. The fourth-order valence-electron chi connectivity index (χ4n) is 12.2. The van der Waals surface area contributed by atoms with Crippen LogP contribution >= 0.6 is 0 Å². The molecule has 0 amide bonds. The van der Waals surface area contributed by atoms with Gasteiger partial charge in [-0.2, -0.15) is 0 Å². The summed E-state index contributed by atoms with van der Waals surface area (Å²) in [5.41, 5.74) is 23.6. The number of hydrogen-bond donors (Lipinski definition) is 1. The minimum atomic E-state index is 0.181. The van der Waals surface area contributed by atoms with E-state index in [0.717, 1.165) is 25.7 Å². The molecule has 0 spiro atoms. The van der Waals surface area contributed by atoms with Gasteiger partial charge in [0.15, 0.2) is 0 Å². The van der Waals surface area contributed by atoms with E-state index in [1.54, 1.807) is 61.2 Å². The van der Waals surface area contributed by atoms with Crippen molar-refractivity contribution in [3.63, 3.8) is 0 Å². The van der Waals surface area contributed by atoms with Gasteiger partial charge in [-0.05, 0) is 237 Å². The lowest BCUT2D eigenvalue weighted by atomic mass is 9.75. The Morgan fingerprint density at radius 1 is 0.286 bits per heavy atom. The van der Waals surface area contributed by atoms with Crippen molar-refractivity contribution >= 4 is 0 Å². The highest BCUT2D eigenvalue weighted by Gasteiger charge is 2.28. The Labute approximate surface area is 434 Å². The van der Waals surface area contributed by atoms with Crippen LogP contribution in [0.2, 0.25) is 0 Å². The highest BCUT2D eigenvalue weighted by atomic mass is 16.3. The molecule has 0 aromatic heterocycles. The molecule has 0 heterocycles. The molecule has 0 saturated carbocycles. The van der Waals surface area contributed by atoms with Crippen LogP contribution in [-0.2, 0) is 77.0 Å². The maximum Gasteiger partial charge on any atom is 0.119 e. The molecule has 1 nitrogen and oxygen atoms in total. The van der Waals surface area contributed by atoms with Crippen LogP contribution in [0.3, 0.4) is 0 Å². The second kappa shape index (κ2) is 32.7. The standard InChI is InChI=1S/C69H108O/c1-13-22-31-54-40-43-57(64(37-28-19-7)61(54)34-25-16-4)48-51(10)60-46-47-67(70)69(53(12)50-59-45-42-56(33-24-15-3)63(36-27-18-6)66(59)39-30-21-9)68(60)52(11)49-58-44-41-55(32-23-14-2)62(35-26-17-5)65(58)38-29-20-8/h40-47,51-53,70H,13-39,48-50H2,1-12H3. The van der Waals surface area contributed by atoms with Crippen molar-refractivity contribution in [1.29, 1.82) is 0 Å². The number of hydrogen-bond acceptors (Lipinski definition) is 1. The van der Waals surface area contributed by atoms with E-state index < -0.39 is 0 Å². The average Bonchev–Trinajstić information content (AvgIpc) is 3.36. The monoisotopic (exact) mass is 953 g/mol. The van der Waals surface area contributed by atoms with Crippen LogP contribution in [0.25, 0.3) is 0 Å². The van der Waals surface area contributed by atoms with E-state index in [-0.39, 0.29) is 11.8 Å². The summed E-state index contributed by atoms with van der Waals surface area (Å²) in [4.78, 5) is 0. The SMILES string of the molecule is CCCCc1ccc(CC(C)c2ccc(O)c(C(C)Cc3ccc(CCCC)c(CCCC)c3CCCC)c2C(C)Cc2ccc(CCCC)c(CCCC)c2CCCC)c(CCCC)c1CCCC. The molecule has 4 aromatic carbocycles. The molecule has 0 saturated heterocycles. The number of phenols is 1. The Bertz CT molecular complexity index is 2100. The normalized spacial score (nSPS) is 13.0. The van der Waals surface area contributed by atoms with Crippen LogP contribution in [-0.4, -0.2) is 5.11 Å².